The van der Waals surface area contributed by atoms with Crippen molar-refractivity contribution in [1.82, 2.24) is 10.2 Å². The second-order valence-electron chi connectivity index (χ2n) is 9.52. The van der Waals surface area contributed by atoms with Gasteiger partial charge in [-0.3, -0.25) is 13.9 Å². The van der Waals surface area contributed by atoms with Gasteiger partial charge in [0, 0.05) is 41.7 Å². The Morgan fingerprint density at radius 2 is 1.68 bits per heavy atom. The molecule has 2 rings (SSSR count). The minimum absolute atomic E-state index is 0.0533. The van der Waals surface area contributed by atoms with Crippen LogP contribution >= 0.6 is 23.2 Å². The zero-order valence-corrected chi connectivity index (χ0v) is 25.2. The van der Waals surface area contributed by atoms with Crippen molar-refractivity contribution in [2.24, 2.45) is 0 Å². The van der Waals surface area contributed by atoms with Gasteiger partial charge in [0.25, 0.3) is 0 Å². The smallest absolute Gasteiger partial charge is 0.242 e. The second kappa shape index (κ2) is 14.8. The number of rotatable bonds is 14. The SMILES string of the molecule is CCCCNC(=O)C(CC)N(Cc1c(Cl)cccc1Cl)C(=O)CCCN(c1cc(C)ccc1C)S(C)(=O)=O. The lowest BCUT2D eigenvalue weighted by Crippen LogP contribution is -2.49. The molecule has 0 aliphatic carbocycles. The molecular weight excluding hydrogens is 545 g/mol. The van der Waals surface area contributed by atoms with Crippen LogP contribution in [0.1, 0.15) is 62.6 Å². The van der Waals surface area contributed by atoms with Gasteiger partial charge in [0.05, 0.1) is 11.9 Å². The topological polar surface area (TPSA) is 86.8 Å². The Hall–Kier alpha value is -2.29. The third-order valence-corrected chi connectivity index (χ3v) is 8.28. The molecule has 0 saturated heterocycles. The molecule has 0 spiro atoms. The summed E-state index contributed by atoms with van der Waals surface area (Å²) in [5.74, 6) is -0.501. The molecule has 0 radical (unpaired) electrons. The molecule has 10 heteroatoms. The quantitative estimate of drug-likeness (QED) is 0.281. The monoisotopic (exact) mass is 583 g/mol. The standard InChI is InChI=1S/C28H39Cl2N3O4S/c1-6-8-16-31-28(35)25(7-2)32(19-22-23(29)11-9-12-24(22)30)27(34)13-10-17-33(38(5,36)37)26-18-20(3)14-15-21(26)4/h9,11-12,14-15,18,25H,6-8,10,13,16-17,19H2,1-5H3,(H,31,35). The molecule has 7 nitrogen and oxygen atoms in total. The highest BCUT2D eigenvalue weighted by Gasteiger charge is 2.30. The number of aryl methyl sites for hydroxylation is 2. The summed E-state index contributed by atoms with van der Waals surface area (Å²) in [5, 5.41) is 3.75. The number of sulfonamides is 1. The summed E-state index contributed by atoms with van der Waals surface area (Å²) in [6.07, 6.45) is 3.68. The highest BCUT2D eigenvalue weighted by Crippen LogP contribution is 2.28. The Balaban J connectivity index is 2.29. The third-order valence-electron chi connectivity index (χ3n) is 6.39. The maximum absolute atomic E-state index is 13.6. The number of hydrogen-bond donors (Lipinski definition) is 1. The fourth-order valence-corrected chi connectivity index (χ4v) is 5.78. The Bertz CT molecular complexity index is 1200. The molecule has 0 aromatic heterocycles. The second-order valence-corrected chi connectivity index (χ2v) is 12.2. The van der Waals surface area contributed by atoms with Crippen molar-refractivity contribution < 1.29 is 18.0 Å². The fraction of sp³-hybridized carbons (Fsp3) is 0.500. The first kappa shape index (κ1) is 31.9. The minimum Gasteiger partial charge on any atom is -0.354 e. The summed E-state index contributed by atoms with van der Waals surface area (Å²) in [5.41, 5.74) is 2.94. The number of halogens is 2. The molecule has 1 unspecified atom stereocenters. The van der Waals surface area contributed by atoms with Gasteiger partial charge < -0.3 is 10.2 Å². The number of nitrogens with zero attached hydrogens (tertiary/aromatic N) is 2. The van der Waals surface area contributed by atoms with Crippen LogP contribution < -0.4 is 9.62 Å². The Kier molecular flexibility index (Phi) is 12.4. The average Bonchev–Trinajstić information content (AvgIpc) is 2.84. The number of unbranched alkanes of at least 4 members (excludes halogenated alkanes) is 1. The van der Waals surface area contributed by atoms with Gasteiger partial charge in [-0.1, -0.05) is 61.7 Å². The zero-order chi connectivity index (χ0) is 28.5. The first-order valence-corrected chi connectivity index (χ1v) is 15.6. The molecule has 0 fully saturated rings. The number of benzene rings is 2. The highest BCUT2D eigenvalue weighted by molar-refractivity contribution is 7.92. The van der Waals surface area contributed by atoms with Gasteiger partial charge in [-0.15, -0.1) is 0 Å². The van der Waals surface area contributed by atoms with E-state index in [4.69, 9.17) is 23.2 Å². The number of hydrogen-bond acceptors (Lipinski definition) is 4. The largest absolute Gasteiger partial charge is 0.354 e. The molecule has 0 bridgehead atoms. The van der Waals surface area contributed by atoms with Crippen molar-refractivity contribution in [3.8, 4) is 0 Å². The summed E-state index contributed by atoms with van der Waals surface area (Å²) < 4.78 is 26.6. The number of amides is 2. The highest BCUT2D eigenvalue weighted by atomic mass is 35.5. The van der Waals surface area contributed by atoms with E-state index in [1.807, 2.05) is 45.9 Å². The molecule has 0 heterocycles. The van der Waals surface area contributed by atoms with E-state index in [1.165, 1.54) is 9.21 Å². The molecule has 2 amide bonds. The predicted molar refractivity (Wildman–Crippen MR) is 156 cm³/mol. The molecule has 0 aliphatic heterocycles. The summed E-state index contributed by atoms with van der Waals surface area (Å²) in [7, 11) is -3.57. The summed E-state index contributed by atoms with van der Waals surface area (Å²) in [6.45, 7) is 8.39. The summed E-state index contributed by atoms with van der Waals surface area (Å²) in [6, 6.07) is 10.0. The fourth-order valence-electron chi connectivity index (χ4n) is 4.25. The molecule has 2 aromatic carbocycles. The van der Waals surface area contributed by atoms with E-state index >= 15 is 0 Å². The van der Waals surface area contributed by atoms with Gasteiger partial charge in [-0.25, -0.2) is 8.42 Å². The summed E-state index contributed by atoms with van der Waals surface area (Å²) >= 11 is 12.8. The number of anilines is 1. The van der Waals surface area contributed by atoms with Crippen LogP contribution in [0.5, 0.6) is 0 Å². The lowest BCUT2D eigenvalue weighted by Gasteiger charge is -2.31. The zero-order valence-electron chi connectivity index (χ0n) is 22.9. The van der Waals surface area contributed by atoms with E-state index in [0.29, 0.717) is 34.3 Å². The molecular formula is C28H39Cl2N3O4S. The van der Waals surface area contributed by atoms with Crippen molar-refractivity contribution in [2.75, 3.05) is 23.7 Å². The van der Waals surface area contributed by atoms with Crippen LogP contribution in [0.15, 0.2) is 36.4 Å². The lowest BCUT2D eigenvalue weighted by atomic mass is 10.1. The molecule has 1 atom stereocenters. The molecule has 210 valence electrons. The van der Waals surface area contributed by atoms with Crippen molar-refractivity contribution in [3.63, 3.8) is 0 Å². The summed E-state index contributed by atoms with van der Waals surface area (Å²) in [4.78, 5) is 28.2. The lowest BCUT2D eigenvalue weighted by molar-refractivity contribution is -0.141. The number of carbonyl (C=O) groups is 2. The van der Waals surface area contributed by atoms with E-state index in [9.17, 15) is 18.0 Å². The first-order chi connectivity index (χ1) is 17.9. The van der Waals surface area contributed by atoms with Crippen LogP contribution in [0.25, 0.3) is 0 Å². The number of nitrogens with one attached hydrogen (secondary N) is 1. The molecule has 38 heavy (non-hydrogen) atoms. The Labute approximate surface area is 237 Å². The van der Waals surface area contributed by atoms with Crippen LogP contribution in [-0.4, -0.2) is 50.5 Å². The van der Waals surface area contributed by atoms with E-state index in [2.05, 4.69) is 5.32 Å². The Morgan fingerprint density at radius 1 is 1.03 bits per heavy atom. The van der Waals surface area contributed by atoms with Crippen LogP contribution in [0, 0.1) is 13.8 Å². The van der Waals surface area contributed by atoms with Crippen LogP contribution in [-0.2, 0) is 26.2 Å². The van der Waals surface area contributed by atoms with Crippen molar-refractivity contribution in [3.05, 3.63) is 63.1 Å². The van der Waals surface area contributed by atoms with E-state index in [0.717, 1.165) is 30.2 Å². The molecule has 1 N–H and O–H groups in total. The van der Waals surface area contributed by atoms with Gasteiger partial charge in [-0.2, -0.15) is 0 Å². The van der Waals surface area contributed by atoms with E-state index < -0.39 is 16.1 Å². The van der Waals surface area contributed by atoms with Gasteiger partial charge >= 0.3 is 0 Å². The average molecular weight is 585 g/mol. The number of carbonyl (C=O) groups excluding carboxylic acids is 2. The van der Waals surface area contributed by atoms with Gasteiger partial charge in [-0.05, 0) is 62.4 Å². The Morgan fingerprint density at radius 3 is 2.26 bits per heavy atom. The third kappa shape index (κ3) is 8.89. The minimum atomic E-state index is -3.57. The van der Waals surface area contributed by atoms with E-state index in [1.54, 1.807) is 18.2 Å². The first-order valence-electron chi connectivity index (χ1n) is 13.0. The van der Waals surface area contributed by atoms with Gasteiger partial charge in [0.1, 0.15) is 6.04 Å². The van der Waals surface area contributed by atoms with Gasteiger partial charge in [0.2, 0.25) is 21.8 Å². The molecule has 0 saturated carbocycles. The van der Waals surface area contributed by atoms with Crippen molar-refractivity contribution in [1.29, 1.82) is 0 Å². The van der Waals surface area contributed by atoms with E-state index in [-0.39, 0.29) is 37.7 Å². The maximum atomic E-state index is 13.6. The van der Waals surface area contributed by atoms with Gasteiger partial charge in [0.15, 0.2) is 0 Å². The maximum Gasteiger partial charge on any atom is 0.242 e. The van der Waals surface area contributed by atoms with Crippen LogP contribution in [0.4, 0.5) is 5.69 Å². The molecule has 2 aromatic rings. The predicted octanol–water partition coefficient (Wildman–Crippen LogP) is 5.88. The normalized spacial score (nSPS) is 12.2. The van der Waals surface area contributed by atoms with Crippen molar-refractivity contribution in [2.45, 2.75) is 72.4 Å². The van der Waals surface area contributed by atoms with Crippen LogP contribution in [0.2, 0.25) is 10.0 Å². The molecule has 0 aliphatic rings. The van der Waals surface area contributed by atoms with Crippen LogP contribution in [0.3, 0.4) is 0 Å². The van der Waals surface area contributed by atoms with Crippen molar-refractivity contribution >= 4 is 50.7 Å².